The summed E-state index contributed by atoms with van der Waals surface area (Å²) in [6.07, 6.45) is -0.431. The molecule has 0 radical (unpaired) electrons. The van der Waals surface area contributed by atoms with Gasteiger partial charge < -0.3 is 20.7 Å². The first-order chi connectivity index (χ1) is 18.3. The third kappa shape index (κ3) is 5.65. The number of aryl methyl sites for hydroxylation is 1. The van der Waals surface area contributed by atoms with Gasteiger partial charge in [0.05, 0.1) is 17.3 Å². The molecule has 1 aliphatic rings. The molecule has 4 rings (SSSR count). The molecular formula is C25H27F5N6O3. The number of nitrogen functional groups attached to an aromatic ring is 1. The number of anilines is 2. The molecule has 2 amide bonds. The number of hydrogen-bond donors (Lipinski definition) is 2. The highest BCUT2D eigenvalue weighted by atomic mass is 19.4. The van der Waals surface area contributed by atoms with Gasteiger partial charge in [-0.3, -0.25) is 9.59 Å². The maximum absolute atomic E-state index is 13.7. The van der Waals surface area contributed by atoms with Crippen LogP contribution in [-0.4, -0.2) is 50.8 Å². The van der Waals surface area contributed by atoms with E-state index in [0.717, 1.165) is 36.3 Å². The molecular weight excluding hydrogens is 527 g/mol. The van der Waals surface area contributed by atoms with E-state index in [4.69, 9.17) is 10.5 Å². The number of carbonyl (C=O) groups is 2. The molecule has 0 bridgehead atoms. The molecule has 3 heterocycles. The van der Waals surface area contributed by atoms with Crippen LogP contribution in [0.15, 0.2) is 30.6 Å². The molecule has 9 nitrogen and oxygen atoms in total. The molecule has 3 aromatic rings. The topological polar surface area (TPSA) is 115 Å². The number of likely N-dealkylation sites (N-methyl/N-ethyl adjacent to an activating group) is 1. The first-order valence-corrected chi connectivity index (χ1v) is 12.2. The Balaban J connectivity index is 1.51. The number of amides is 2. The van der Waals surface area contributed by atoms with Crippen LogP contribution in [0.1, 0.15) is 49.1 Å². The summed E-state index contributed by atoms with van der Waals surface area (Å²) in [5.41, 5.74) is 5.67. The maximum atomic E-state index is 13.7. The van der Waals surface area contributed by atoms with Crippen molar-refractivity contribution in [3.8, 4) is 0 Å². The van der Waals surface area contributed by atoms with Crippen molar-refractivity contribution < 1.29 is 36.3 Å². The van der Waals surface area contributed by atoms with Crippen molar-refractivity contribution >= 4 is 34.2 Å². The van der Waals surface area contributed by atoms with Gasteiger partial charge in [0.1, 0.15) is 17.6 Å². The summed E-state index contributed by atoms with van der Waals surface area (Å²) in [6.45, 7) is 3.42. The van der Waals surface area contributed by atoms with Crippen molar-refractivity contribution in [2.45, 2.75) is 58.0 Å². The summed E-state index contributed by atoms with van der Waals surface area (Å²) >= 11 is 0. The predicted molar refractivity (Wildman–Crippen MR) is 132 cm³/mol. The van der Waals surface area contributed by atoms with Gasteiger partial charge in [0.25, 0.3) is 0 Å². The highest BCUT2D eigenvalue weighted by Crippen LogP contribution is 2.44. The third-order valence-corrected chi connectivity index (χ3v) is 6.58. The molecule has 210 valence electrons. The molecule has 1 atom stereocenters. The van der Waals surface area contributed by atoms with Crippen LogP contribution in [0, 0.1) is 6.92 Å². The van der Waals surface area contributed by atoms with E-state index in [1.54, 1.807) is 17.8 Å². The van der Waals surface area contributed by atoms with Gasteiger partial charge >= 0.3 is 23.9 Å². The fourth-order valence-corrected chi connectivity index (χ4v) is 4.30. The number of nitrogens with zero attached hydrogens (tertiary/aromatic N) is 4. The Morgan fingerprint density at radius 2 is 1.97 bits per heavy atom. The number of benzene rings is 1. The SMILES string of the molecule is CCN(Cc1ccc(C(F)(F)C(F)(F)F)cc1C)C(=O)C(=O)Nc1cnc(N)c2cn(C3CCCCO3)nc12. The minimum absolute atomic E-state index is 0.0647. The summed E-state index contributed by atoms with van der Waals surface area (Å²) in [7, 11) is 0. The van der Waals surface area contributed by atoms with Gasteiger partial charge in [-0.05, 0) is 50.3 Å². The molecule has 14 heteroatoms. The number of aromatic nitrogens is 3. The Kier molecular flexibility index (Phi) is 7.77. The number of ether oxygens (including phenoxy) is 1. The average molecular weight is 555 g/mol. The monoisotopic (exact) mass is 554 g/mol. The largest absolute Gasteiger partial charge is 0.458 e. The van der Waals surface area contributed by atoms with Crippen molar-refractivity contribution in [2.24, 2.45) is 0 Å². The van der Waals surface area contributed by atoms with E-state index in [1.165, 1.54) is 13.1 Å². The van der Waals surface area contributed by atoms with E-state index in [9.17, 15) is 31.5 Å². The molecule has 1 unspecified atom stereocenters. The van der Waals surface area contributed by atoms with E-state index in [-0.39, 0.29) is 36.4 Å². The number of fused-ring (bicyclic) bond motifs is 1. The molecule has 2 aromatic heterocycles. The summed E-state index contributed by atoms with van der Waals surface area (Å²) < 4.78 is 73.0. The highest BCUT2D eigenvalue weighted by molar-refractivity contribution is 6.40. The second-order valence-corrected chi connectivity index (χ2v) is 9.24. The predicted octanol–water partition coefficient (Wildman–Crippen LogP) is 4.66. The number of nitrogens with two attached hydrogens (primary N) is 1. The van der Waals surface area contributed by atoms with E-state index in [0.29, 0.717) is 29.1 Å². The Morgan fingerprint density at radius 1 is 1.23 bits per heavy atom. The zero-order chi connectivity index (χ0) is 28.5. The van der Waals surface area contributed by atoms with Crippen molar-refractivity contribution in [3.63, 3.8) is 0 Å². The van der Waals surface area contributed by atoms with Crippen LogP contribution in [0.3, 0.4) is 0 Å². The lowest BCUT2D eigenvalue weighted by atomic mass is 10.0. The van der Waals surface area contributed by atoms with Gasteiger partial charge in [0.2, 0.25) is 0 Å². The second kappa shape index (κ2) is 10.8. The minimum Gasteiger partial charge on any atom is -0.383 e. The molecule has 1 aliphatic heterocycles. The number of carbonyl (C=O) groups excluding carboxylic acids is 2. The Bertz CT molecular complexity index is 1380. The molecule has 1 saturated heterocycles. The molecule has 0 saturated carbocycles. The van der Waals surface area contributed by atoms with Crippen molar-refractivity contribution in [1.82, 2.24) is 19.7 Å². The molecule has 0 aliphatic carbocycles. The van der Waals surface area contributed by atoms with Crippen LogP contribution >= 0.6 is 0 Å². The average Bonchev–Trinajstić information content (AvgIpc) is 3.36. The molecule has 1 fully saturated rings. The highest BCUT2D eigenvalue weighted by Gasteiger charge is 2.58. The number of alkyl halides is 5. The molecule has 0 spiro atoms. The third-order valence-electron chi connectivity index (χ3n) is 6.58. The summed E-state index contributed by atoms with van der Waals surface area (Å²) in [5, 5.41) is 7.46. The first-order valence-electron chi connectivity index (χ1n) is 12.2. The van der Waals surface area contributed by atoms with Gasteiger partial charge in [0.15, 0.2) is 0 Å². The summed E-state index contributed by atoms with van der Waals surface area (Å²) in [5.74, 6) is -6.79. The number of hydrogen-bond acceptors (Lipinski definition) is 6. The van der Waals surface area contributed by atoms with Crippen LogP contribution in [0.4, 0.5) is 33.5 Å². The lowest BCUT2D eigenvalue weighted by Gasteiger charge is -2.23. The van der Waals surface area contributed by atoms with E-state index in [2.05, 4.69) is 15.4 Å². The number of nitrogens with one attached hydrogen (secondary N) is 1. The molecule has 1 aromatic carbocycles. The standard InChI is InChI=1S/C25H27F5N6O3/c1-3-35(12-15-7-8-16(10-14(15)2)24(26,27)25(28,29)30)23(38)22(37)33-18-11-32-21(31)17-13-36(34-20(17)18)19-6-4-5-9-39-19/h7-8,10-11,13,19H,3-6,9,12H2,1-2H3,(H2,31,32)(H,33,37). The van der Waals surface area contributed by atoms with Crippen molar-refractivity contribution in [3.05, 3.63) is 47.3 Å². The zero-order valence-corrected chi connectivity index (χ0v) is 21.2. The van der Waals surface area contributed by atoms with E-state index >= 15 is 0 Å². The van der Waals surface area contributed by atoms with E-state index < -0.39 is 29.5 Å². The van der Waals surface area contributed by atoms with Gasteiger partial charge in [-0.1, -0.05) is 12.1 Å². The van der Waals surface area contributed by atoms with Crippen LogP contribution in [0.2, 0.25) is 0 Å². The Labute approximate surface area is 220 Å². The smallest absolute Gasteiger partial charge is 0.383 e. The minimum atomic E-state index is -5.74. The zero-order valence-electron chi connectivity index (χ0n) is 21.2. The number of rotatable bonds is 6. The van der Waals surface area contributed by atoms with E-state index in [1.807, 2.05) is 0 Å². The first kappa shape index (κ1) is 28.2. The van der Waals surface area contributed by atoms with Crippen molar-refractivity contribution in [2.75, 3.05) is 24.2 Å². The van der Waals surface area contributed by atoms with Crippen LogP contribution in [-0.2, 0) is 26.8 Å². The normalized spacial score (nSPS) is 16.3. The second-order valence-electron chi connectivity index (χ2n) is 9.24. The Morgan fingerprint density at radius 3 is 2.59 bits per heavy atom. The quantitative estimate of drug-likeness (QED) is 0.338. The Hall–Kier alpha value is -3.81. The van der Waals surface area contributed by atoms with Crippen LogP contribution < -0.4 is 11.1 Å². The lowest BCUT2D eigenvalue weighted by molar-refractivity contribution is -0.289. The number of halogens is 5. The fraction of sp³-hybridized carbons (Fsp3) is 0.440. The summed E-state index contributed by atoms with van der Waals surface area (Å²) in [6, 6.07) is 2.48. The lowest BCUT2D eigenvalue weighted by Crippen LogP contribution is -2.39. The van der Waals surface area contributed by atoms with Gasteiger partial charge in [-0.15, -0.1) is 0 Å². The maximum Gasteiger partial charge on any atom is 0.458 e. The fourth-order valence-electron chi connectivity index (χ4n) is 4.30. The van der Waals surface area contributed by atoms with Gasteiger partial charge in [0, 0.05) is 31.5 Å². The van der Waals surface area contributed by atoms with Crippen LogP contribution in [0.25, 0.3) is 10.9 Å². The molecule has 39 heavy (non-hydrogen) atoms. The summed E-state index contributed by atoms with van der Waals surface area (Å²) in [4.78, 5) is 31.0. The van der Waals surface area contributed by atoms with Gasteiger partial charge in [-0.25, -0.2) is 9.67 Å². The molecule has 3 N–H and O–H groups in total. The van der Waals surface area contributed by atoms with Gasteiger partial charge in [-0.2, -0.15) is 27.1 Å². The number of pyridine rings is 1. The van der Waals surface area contributed by atoms with Crippen LogP contribution in [0.5, 0.6) is 0 Å². The van der Waals surface area contributed by atoms with Crippen molar-refractivity contribution in [1.29, 1.82) is 0 Å².